The average Bonchev–Trinajstić information content (AvgIpc) is 2.30. The molecule has 1 aromatic carbocycles. The first kappa shape index (κ1) is 14.3. The van der Waals surface area contributed by atoms with Gasteiger partial charge in [0, 0.05) is 12.6 Å². The van der Waals surface area contributed by atoms with Crippen molar-refractivity contribution < 1.29 is 5.11 Å². The zero-order valence-corrected chi connectivity index (χ0v) is 11.2. The lowest BCUT2D eigenvalue weighted by Gasteiger charge is -2.32. The van der Waals surface area contributed by atoms with Crippen LogP contribution >= 0.6 is 0 Å². The van der Waals surface area contributed by atoms with Gasteiger partial charge in [-0.15, -0.1) is 0 Å². The van der Waals surface area contributed by atoms with Gasteiger partial charge in [-0.1, -0.05) is 20.8 Å². The van der Waals surface area contributed by atoms with Crippen LogP contribution in [0.2, 0.25) is 0 Å². The first-order valence-corrected chi connectivity index (χ1v) is 6.05. The van der Waals surface area contributed by atoms with Gasteiger partial charge >= 0.3 is 0 Å². The van der Waals surface area contributed by atoms with Gasteiger partial charge in [0.2, 0.25) is 0 Å². The molecule has 1 rings (SSSR count). The van der Waals surface area contributed by atoms with Crippen LogP contribution in [0.25, 0.3) is 0 Å². The van der Waals surface area contributed by atoms with E-state index in [2.05, 4.69) is 32.2 Å². The van der Waals surface area contributed by atoms with Crippen LogP contribution in [0.1, 0.15) is 32.8 Å². The molecule has 1 atom stereocenters. The van der Waals surface area contributed by atoms with Gasteiger partial charge in [-0.3, -0.25) is 0 Å². The normalized spacial score (nSPS) is 12.8. The first-order chi connectivity index (χ1) is 8.38. The van der Waals surface area contributed by atoms with Gasteiger partial charge in [0.1, 0.15) is 0 Å². The number of nitrogens with one attached hydrogen (secondary N) is 1. The molecule has 0 aliphatic rings. The molecule has 0 saturated carbocycles. The summed E-state index contributed by atoms with van der Waals surface area (Å²) in [7, 11) is 0. The second-order valence-corrected chi connectivity index (χ2v) is 5.49. The molecule has 0 saturated heterocycles. The van der Waals surface area contributed by atoms with Gasteiger partial charge in [-0.25, -0.2) is 0 Å². The van der Waals surface area contributed by atoms with Crippen LogP contribution in [0.5, 0.6) is 0 Å². The van der Waals surface area contributed by atoms with Crippen molar-refractivity contribution in [1.82, 2.24) is 0 Å². The molecular formula is C14H21N3O. The molecule has 0 amide bonds. The van der Waals surface area contributed by atoms with Gasteiger partial charge < -0.3 is 16.2 Å². The van der Waals surface area contributed by atoms with Crippen LogP contribution < -0.4 is 11.1 Å². The van der Waals surface area contributed by atoms with Gasteiger partial charge in [0.25, 0.3) is 0 Å². The van der Waals surface area contributed by atoms with E-state index in [9.17, 15) is 0 Å². The molecule has 0 heterocycles. The molecule has 0 aliphatic carbocycles. The predicted octanol–water partition coefficient (Wildman–Crippen LogP) is 2.35. The van der Waals surface area contributed by atoms with E-state index in [-0.39, 0.29) is 18.1 Å². The number of aliphatic hydroxyl groups is 1. The van der Waals surface area contributed by atoms with Crippen LogP contribution in [0.15, 0.2) is 18.2 Å². The Balaban J connectivity index is 2.97. The van der Waals surface area contributed by atoms with Crippen LogP contribution in [-0.2, 0) is 0 Å². The lowest BCUT2D eigenvalue weighted by molar-refractivity contribution is 0.235. The number of nitrogens with zero attached hydrogens (tertiary/aromatic N) is 1. The van der Waals surface area contributed by atoms with Gasteiger partial charge in [-0.05, 0) is 30.0 Å². The summed E-state index contributed by atoms with van der Waals surface area (Å²) in [4.78, 5) is 0. The highest BCUT2D eigenvalue weighted by molar-refractivity contribution is 5.68. The van der Waals surface area contributed by atoms with E-state index < -0.39 is 0 Å². The number of benzene rings is 1. The van der Waals surface area contributed by atoms with Gasteiger partial charge in [0.05, 0.1) is 23.0 Å². The number of nitrogen functional groups attached to an aromatic ring is 1. The fraction of sp³-hybridized carbons (Fsp3) is 0.500. The van der Waals surface area contributed by atoms with Crippen molar-refractivity contribution >= 4 is 11.4 Å². The highest BCUT2D eigenvalue weighted by Crippen LogP contribution is 2.28. The summed E-state index contributed by atoms with van der Waals surface area (Å²) in [5, 5.41) is 21.3. The fourth-order valence-corrected chi connectivity index (χ4v) is 1.79. The lowest BCUT2D eigenvalue weighted by atomic mass is 9.84. The van der Waals surface area contributed by atoms with E-state index in [0.717, 1.165) is 5.69 Å². The third-order valence-electron chi connectivity index (χ3n) is 2.98. The molecular weight excluding hydrogens is 226 g/mol. The van der Waals surface area contributed by atoms with E-state index in [4.69, 9.17) is 16.1 Å². The third kappa shape index (κ3) is 3.64. The molecule has 4 N–H and O–H groups in total. The van der Waals surface area contributed by atoms with Crippen molar-refractivity contribution in [3.63, 3.8) is 0 Å². The monoisotopic (exact) mass is 247 g/mol. The quantitative estimate of drug-likeness (QED) is 0.713. The molecule has 98 valence electrons. The second kappa shape index (κ2) is 5.74. The lowest BCUT2D eigenvalue weighted by Crippen LogP contribution is -2.35. The topological polar surface area (TPSA) is 82.1 Å². The first-order valence-electron chi connectivity index (χ1n) is 6.05. The maximum Gasteiger partial charge on any atom is 0.0992 e. The van der Waals surface area contributed by atoms with Crippen molar-refractivity contribution in [2.24, 2.45) is 5.41 Å². The highest BCUT2D eigenvalue weighted by Gasteiger charge is 2.24. The van der Waals surface area contributed by atoms with Crippen LogP contribution in [0, 0.1) is 16.7 Å². The Morgan fingerprint density at radius 2 is 2.11 bits per heavy atom. The molecule has 0 bridgehead atoms. The number of nitrogens with two attached hydrogens (primary N) is 1. The maximum atomic E-state index is 9.12. The van der Waals surface area contributed by atoms with Crippen molar-refractivity contribution in [2.75, 3.05) is 17.7 Å². The van der Waals surface area contributed by atoms with Crippen LogP contribution in [0.4, 0.5) is 11.4 Å². The van der Waals surface area contributed by atoms with Crippen molar-refractivity contribution in [3.05, 3.63) is 23.8 Å². The number of rotatable bonds is 4. The summed E-state index contributed by atoms with van der Waals surface area (Å²) < 4.78 is 0. The van der Waals surface area contributed by atoms with E-state index in [1.54, 1.807) is 18.2 Å². The van der Waals surface area contributed by atoms with Gasteiger partial charge in [0.15, 0.2) is 0 Å². The molecule has 0 spiro atoms. The largest absolute Gasteiger partial charge is 0.397 e. The Morgan fingerprint density at radius 3 is 2.61 bits per heavy atom. The number of hydrogen-bond donors (Lipinski definition) is 3. The molecule has 1 aromatic rings. The standard InChI is InChI=1S/C14H21N3O/c1-14(2,3)13(6-7-18)17-12-8-10(9-15)4-5-11(12)16/h4-5,8,13,17-18H,6-7,16H2,1-3H3. The summed E-state index contributed by atoms with van der Waals surface area (Å²) in [6.07, 6.45) is 0.639. The molecule has 0 radical (unpaired) electrons. The van der Waals surface area contributed by atoms with Crippen molar-refractivity contribution in [2.45, 2.75) is 33.2 Å². The Kier molecular flexibility index (Phi) is 4.57. The molecule has 0 aliphatic heterocycles. The Morgan fingerprint density at radius 1 is 1.44 bits per heavy atom. The predicted molar refractivity (Wildman–Crippen MR) is 74.1 cm³/mol. The minimum atomic E-state index is -0.00216. The van der Waals surface area contributed by atoms with Gasteiger partial charge in [-0.2, -0.15) is 5.26 Å². The number of nitriles is 1. The summed E-state index contributed by atoms with van der Waals surface area (Å²) in [6, 6.07) is 7.35. The van der Waals surface area contributed by atoms with E-state index in [0.29, 0.717) is 17.7 Å². The highest BCUT2D eigenvalue weighted by atomic mass is 16.3. The molecule has 1 unspecified atom stereocenters. The molecule has 4 heteroatoms. The smallest absolute Gasteiger partial charge is 0.0992 e. The molecule has 0 aromatic heterocycles. The fourth-order valence-electron chi connectivity index (χ4n) is 1.79. The summed E-state index contributed by atoms with van der Waals surface area (Å²) >= 11 is 0. The minimum absolute atomic E-state index is 0.00216. The average molecular weight is 247 g/mol. The Hall–Kier alpha value is -1.73. The molecule has 18 heavy (non-hydrogen) atoms. The Labute approximate surface area is 108 Å². The zero-order chi connectivity index (χ0) is 13.8. The van der Waals surface area contributed by atoms with Crippen LogP contribution in [0.3, 0.4) is 0 Å². The van der Waals surface area contributed by atoms with Crippen molar-refractivity contribution in [1.29, 1.82) is 5.26 Å². The number of hydrogen-bond acceptors (Lipinski definition) is 4. The Bertz CT molecular complexity index is 443. The third-order valence-corrected chi connectivity index (χ3v) is 2.98. The number of anilines is 2. The summed E-state index contributed by atoms with van der Waals surface area (Å²) in [5.41, 5.74) is 7.83. The minimum Gasteiger partial charge on any atom is -0.397 e. The zero-order valence-electron chi connectivity index (χ0n) is 11.2. The molecule has 4 nitrogen and oxygen atoms in total. The van der Waals surface area contributed by atoms with Crippen molar-refractivity contribution in [3.8, 4) is 6.07 Å². The SMILES string of the molecule is CC(C)(C)C(CCO)Nc1cc(C#N)ccc1N. The maximum absolute atomic E-state index is 9.12. The van der Waals surface area contributed by atoms with E-state index in [1.165, 1.54) is 0 Å². The molecule has 0 fully saturated rings. The summed E-state index contributed by atoms with van der Waals surface area (Å²) in [5.74, 6) is 0. The number of aliphatic hydroxyl groups excluding tert-OH is 1. The van der Waals surface area contributed by atoms with E-state index >= 15 is 0 Å². The van der Waals surface area contributed by atoms with Crippen LogP contribution in [-0.4, -0.2) is 17.8 Å². The summed E-state index contributed by atoms with van der Waals surface area (Å²) in [6.45, 7) is 6.42. The second-order valence-electron chi connectivity index (χ2n) is 5.49. The van der Waals surface area contributed by atoms with E-state index in [1.807, 2.05) is 0 Å².